The van der Waals surface area contributed by atoms with Gasteiger partial charge in [0.05, 0.1) is 17.0 Å². The van der Waals surface area contributed by atoms with Crippen LogP contribution in [0.2, 0.25) is 0 Å². The lowest BCUT2D eigenvalue weighted by atomic mass is 9.92. The maximum Gasteiger partial charge on any atom is 0.472 e. The third-order valence-corrected chi connectivity index (χ3v) is 5.14. The van der Waals surface area contributed by atoms with Gasteiger partial charge in [-0.15, -0.1) is 0 Å². The second-order valence-electron chi connectivity index (χ2n) is 7.40. The minimum atomic E-state index is -2.73. The van der Waals surface area contributed by atoms with E-state index < -0.39 is 28.3 Å². The van der Waals surface area contributed by atoms with Crippen LogP contribution in [0, 0.1) is 24.0 Å². The number of carbonyl (C=O) groups is 3. The van der Waals surface area contributed by atoms with Crippen molar-refractivity contribution >= 4 is 17.8 Å². The molecule has 27 heavy (non-hydrogen) atoms. The molecule has 0 saturated carbocycles. The van der Waals surface area contributed by atoms with Crippen LogP contribution in [-0.2, 0) is 15.1 Å². The van der Waals surface area contributed by atoms with Gasteiger partial charge in [-0.25, -0.2) is 13.9 Å². The van der Waals surface area contributed by atoms with Gasteiger partial charge in [0.1, 0.15) is 11.4 Å². The van der Waals surface area contributed by atoms with Gasteiger partial charge < -0.3 is 0 Å². The first-order valence-electron chi connectivity index (χ1n) is 8.71. The Balaban J connectivity index is 3.09. The number of imidazole rings is 1. The average molecular weight is 380 g/mol. The Hall–Kier alpha value is -2.78. The summed E-state index contributed by atoms with van der Waals surface area (Å²) in [5.74, 6) is -2.35. The molecule has 2 rings (SSSR count). The van der Waals surface area contributed by atoms with Crippen molar-refractivity contribution in [1.82, 2.24) is 14.4 Å². The summed E-state index contributed by atoms with van der Waals surface area (Å²) in [4.78, 5) is 51.1. The van der Waals surface area contributed by atoms with Crippen molar-refractivity contribution in [2.45, 2.75) is 59.2 Å². The van der Waals surface area contributed by atoms with Gasteiger partial charge in [0, 0.05) is 27.9 Å². The number of barbiturate groups is 1. The Bertz CT molecular complexity index is 799. The highest BCUT2D eigenvalue weighted by molar-refractivity contribution is 6.20. The van der Waals surface area contributed by atoms with Gasteiger partial charge in [-0.2, -0.15) is 0 Å². The maximum atomic E-state index is 13.1. The third-order valence-electron chi connectivity index (χ3n) is 5.14. The van der Waals surface area contributed by atoms with E-state index in [9.17, 15) is 24.5 Å². The monoisotopic (exact) mass is 380 g/mol. The van der Waals surface area contributed by atoms with Crippen LogP contribution in [0.1, 0.15) is 57.0 Å². The predicted molar refractivity (Wildman–Crippen MR) is 94.5 cm³/mol. The van der Waals surface area contributed by atoms with E-state index in [0.29, 0.717) is 9.80 Å². The highest BCUT2D eigenvalue weighted by atomic mass is 16.6. The van der Waals surface area contributed by atoms with Gasteiger partial charge in [-0.1, -0.05) is 0 Å². The molecule has 0 aromatic carbocycles. The number of hydrogen-bond acceptors (Lipinski definition) is 5. The van der Waals surface area contributed by atoms with Crippen LogP contribution in [-0.4, -0.2) is 51.2 Å². The Labute approximate surface area is 157 Å². The summed E-state index contributed by atoms with van der Waals surface area (Å²) in [6.45, 7) is 10.9. The maximum absolute atomic E-state index is 13.1. The predicted octanol–water partition coefficient (Wildman–Crippen LogP) is 1.08. The summed E-state index contributed by atoms with van der Waals surface area (Å²) in [6.07, 6.45) is 0. The summed E-state index contributed by atoms with van der Waals surface area (Å²) in [7, 11) is 2.29. The molecule has 10 heteroatoms. The number of hydrogen-bond donors (Lipinski definition) is 0. The SMILES string of the molecule is Cc1c(C)[n+](C(C)C)c(C2([N+](=O)[O-])C(=O)N(C)C(=O)N(C)C2=O)n1C(C)C. The Kier molecular flexibility index (Phi) is 4.89. The number of aromatic nitrogens is 2. The molecule has 0 bridgehead atoms. The van der Waals surface area contributed by atoms with Gasteiger partial charge in [0.2, 0.25) is 0 Å². The summed E-state index contributed by atoms with van der Waals surface area (Å²) in [5, 5.41) is 12.3. The quantitative estimate of drug-likeness (QED) is 0.336. The second kappa shape index (κ2) is 6.43. The molecule has 0 radical (unpaired) electrons. The number of likely N-dealkylation sites (N-methyl/N-ethyl adjacent to an activating group) is 2. The summed E-state index contributed by atoms with van der Waals surface area (Å²) in [5.41, 5.74) is -1.29. The minimum absolute atomic E-state index is 0.0336. The molecule has 0 N–H and O–H groups in total. The molecule has 0 atom stereocenters. The molecule has 1 aromatic heterocycles. The van der Waals surface area contributed by atoms with Crippen LogP contribution in [0.3, 0.4) is 0 Å². The zero-order chi connectivity index (χ0) is 21.0. The first kappa shape index (κ1) is 20.5. The molecule has 1 saturated heterocycles. The number of urea groups is 1. The van der Waals surface area contributed by atoms with Gasteiger partial charge >= 0.3 is 29.2 Å². The van der Waals surface area contributed by atoms with Crippen LogP contribution in [0.5, 0.6) is 0 Å². The molecule has 1 aromatic rings. The number of carbonyl (C=O) groups excluding carboxylic acids is 3. The highest BCUT2D eigenvalue weighted by Gasteiger charge is 2.74. The van der Waals surface area contributed by atoms with E-state index in [-0.39, 0.29) is 17.9 Å². The largest absolute Gasteiger partial charge is 0.472 e. The summed E-state index contributed by atoms with van der Waals surface area (Å²) < 4.78 is 3.29. The molecular weight excluding hydrogens is 354 g/mol. The number of imide groups is 2. The Morgan fingerprint density at radius 2 is 1.44 bits per heavy atom. The standard InChI is InChI=1S/C17H26N5O5/c1-9(2)20-11(5)12(6)21(10(3)4)13(20)17(22(26)27)14(23)18(7)16(25)19(8)15(17)24/h9-10H,1-8H3/q+1. The topological polar surface area (TPSA) is 110 Å². The van der Waals surface area contributed by atoms with Crippen molar-refractivity contribution in [3.8, 4) is 0 Å². The Morgan fingerprint density at radius 3 is 1.78 bits per heavy atom. The molecule has 1 aliphatic rings. The zero-order valence-corrected chi connectivity index (χ0v) is 16.9. The lowest BCUT2D eigenvalue weighted by Crippen LogP contribution is -2.71. The van der Waals surface area contributed by atoms with Crippen LogP contribution in [0.4, 0.5) is 4.79 Å². The van der Waals surface area contributed by atoms with Crippen LogP contribution in [0.25, 0.3) is 0 Å². The minimum Gasteiger partial charge on any atom is -0.264 e. The van der Waals surface area contributed by atoms with E-state index in [1.54, 1.807) is 23.0 Å². The molecule has 4 amide bonds. The molecule has 2 heterocycles. The highest BCUT2D eigenvalue weighted by Crippen LogP contribution is 2.35. The zero-order valence-electron chi connectivity index (χ0n) is 16.9. The lowest BCUT2D eigenvalue weighted by molar-refractivity contribution is -0.746. The fourth-order valence-corrected chi connectivity index (χ4v) is 3.80. The van der Waals surface area contributed by atoms with Crippen LogP contribution >= 0.6 is 0 Å². The smallest absolute Gasteiger partial charge is 0.264 e. The number of nitrogens with zero attached hydrogens (tertiary/aromatic N) is 5. The van der Waals surface area contributed by atoms with Crippen molar-refractivity contribution in [2.24, 2.45) is 0 Å². The first-order chi connectivity index (χ1) is 12.3. The second-order valence-corrected chi connectivity index (χ2v) is 7.40. The molecule has 0 aliphatic carbocycles. The van der Waals surface area contributed by atoms with Gasteiger partial charge in [-0.05, 0) is 27.7 Å². The lowest BCUT2D eigenvalue weighted by Gasteiger charge is -2.34. The van der Waals surface area contributed by atoms with Crippen LogP contribution in [0.15, 0.2) is 0 Å². The van der Waals surface area contributed by atoms with Crippen molar-refractivity contribution in [3.63, 3.8) is 0 Å². The van der Waals surface area contributed by atoms with Crippen molar-refractivity contribution in [2.75, 3.05) is 14.1 Å². The fraction of sp³-hybridized carbons (Fsp3) is 0.647. The number of rotatable bonds is 4. The van der Waals surface area contributed by atoms with Crippen LogP contribution < -0.4 is 4.57 Å². The molecule has 1 aliphatic heterocycles. The van der Waals surface area contributed by atoms with Crippen molar-refractivity contribution in [3.05, 3.63) is 27.3 Å². The molecule has 0 unspecified atom stereocenters. The number of amides is 4. The molecule has 0 spiro atoms. The van der Waals surface area contributed by atoms with E-state index in [1.807, 2.05) is 27.7 Å². The fourth-order valence-electron chi connectivity index (χ4n) is 3.80. The molecular formula is C17H26N5O5+. The van der Waals surface area contributed by atoms with E-state index in [2.05, 4.69) is 0 Å². The first-order valence-corrected chi connectivity index (χ1v) is 8.71. The third kappa shape index (κ3) is 2.46. The van der Waals surface area contributed by atoms with Crippen molar-refractivity contribution in [1.29, 1.82) is 0 Å². The van der Waals surface area contributed by atoms with E-state index >= 15 is 0 Å². The normalized spacial score (nSPS) is 17.5. The van der Waals surface area contributed by atoms with E-state index in [4.69, 9.17) is 0 Å². The van der Waals surface area contributed by atoms with Gasteiger partial charge in [0.25, 0.3) is 0 Å². The average Bonchev–Trinajstić information content (AvgIpc) is 2.83. The van der Waals surface area contributed by atoms with Gasteiger partial charge in [0.15, 0.2) is 0 Å². The summed E-state index contributed by atoms with van der Waals surface area (Å²) in [6, 6.07) is -1.39. The van der Waals surface area contributed by atoms with Gasteiger partial charge in [-0.3, -0.25) is 29.5 Å². The molecule has 1 fully saturated rings. The number of nitro groups is 1. The van der Waals surface area contributed by atoms with E-state index in [1.165, 1.54) is 0 Å². The van der Waals surface area contributed by atoms with E-state index in [0.717, 1.165) is 25.5 Å². The molecule has 148 valence electrons. The Morgan fingerprint density at radius 1 is 1.00 bits per heavy atom. The summed E-state index contributed by atoms with van der Waals surface area (Å²) >= 11 is 0. The van der Waals surface area contributed by atoms with Crippen molar-refractivity contribution < 1.29 is 23.9 Å². The molecule has 10 nitrogen and oxygen atoms in total.